The first kappa shape index (κ1) is 14.1. The van der Waals surface area contributed by atoms with Crippen LogP contribution in [0.5, 0.6) is 0 Å². The van der Waals surface area contributed by atoms with Crippen LogP contribution >= 0.6 is 23.2 Å². The molecule has 0 heterocycles. The molecule has 0 aliphatic carbocycles. The number of hydrogen-bond acceptors (Lipinski definition) is 4. The maximum atomic E-state index is 11.6. The average molecular weight is 298 g/mol. The van der Waals surface area contributed by atoms with Crippen LogP contribution in [0.25, 0.3) is 0 Å². The number of rotatable bonds is 4. The standard InChI is InChI=1S/C9H9Cl2NO4S/c10-5-6-16-9(13)12-17(14,15)8-3-1-7(11)2-4-8/h1-4H,5-6H2,(H,12,13). The SMILES string of the molecule is O=C(NS(=O)(=O)c1ccc(Cl)cc1)OCCCl. The minimum Gasteiger partial charge on any atom is -0.448 e. The molecule has 0 saturated carbocycles. The van der Waals surface area contributed by atoms with Crippen LogP contribution in [0, 0.1) is 0 Å². The highest BCUT2D eigenvalue weighted by Gasteiger charge is 2.17. The van der Waals surface area contributed by atoms with Gasteiger partial charge in [-0.1, -0.05) is 11.6 Å². The van der Waals surface area contributed by atoms with E-state index in [-0.39, 0.29) is 17.4 Å². The zero-order valence-corrected chi connectivity index (χ0v) is 10.8. The Morgan fingerprint density at radius 1 is 1.29 bits per heavy atom. The number of hydrogen-bond donors (Lipinski definition) is 1. The topological polar surface area (TPSA) is 72.5 Å². The van der Waals surface area contributed by atoms with E-state index in [1.165, 1.54) is 24.3 Å². The van der Waals surface area contributed by atoms with Gasteiger partial charge in [-0.3, -0.25) is 0 Å². The lowest BCUT2D eigenvalue weighted by molar-refractivity contribution is 0.159. The van der Waals surface area contributed by atoms with Crippen LogP contribution in [0.1, 0.15) is 0 Å². The highest BCUT2D eigenvalue weighted by atomic mass is 35.5. The summed E-state index contributed by atoms with van der Waals surface area (Å²) in [7, 11) is -3.93. The van der Waals surface area contributed by atoms with E-state index in [4.69, 9.17) is 23.2 Å². The number of alkyl halides is 1. The van der Waals surface area contributed by atoms with Crippen molar-refractivity contribution in [3.8, 4) is 0 Å². The first-order chi connectivity index (χ1) is 7.95. The zero-order chi connectivity index (χ0) is 12.9. The van der Waals surface area contributed by atoms with Gasteiger partial charge in [0.2, 0.25) is 0 Å². The van der Waals surface area contributed by atoms with Crippen LogP contribution in [0.15, 0.2) is 29.2 Å². The summed E-state index contributed by atoms with van der Waals surface area (Å²) in [6, 6.07) is 5.36. The predicted octanol–water partition coefficient (Wildman–Crippen LogP) is 1.99. The van der Waals surface area contributed by atoms with Gasteiger partial charge in [0.05, 0.1) is 10.8 Å². The highest BCUT2D eigenvalue weighted by molar-refractivity contribution is 7.90. The Labute approximate surface area is 109 Å². The van der Waals surface area contributed by atoms with Gasteiger partial charge in [-0.05, 0) is 24.3 Å². The van der Waals surface area contributed by atoms with Gasteiger partial charge in [-0.2, -0.15) is 0 Å². The van der Waals surface area contributed by atoms with E-state index in [2.05, 4.69) is 4.74 Å². The van der Waals surface area contributed by atoms with Gasteiger partial charge in [0.1, 0.15) is 6.61 Å². The van der Waals surface area contributed by atoms with Crippen molar-refractivity contribution in [2.75, 3.05) is 12.5 Å². The first-order valence-electron chi connectivity index (χ1n) is 4.47. The van der Waals surface area contributed by atoms with Gasteiger partial charge in [0.15, 0.2) is 0 Å². The number of ether oxygens (including phenoxy) is 1. The third-order valence-corrected chi connectivity index (χ3v) is 3.39. The lowest BCUT2D eigenvalue weighted by atomic mass is 10.4. The summed E-state index contributed by atoms with van der Waals surface area (Å²) in [4.78, 5) is 11.0. The van der Waals surface area contributed by atoms with E-state index in [1.54, 1.807) is 4.72 Å². The number of carbonyl (C=O) groups excluding carboxylic acids is 1. The molecule has 1 aromatic rings. The Morgan fingerprint density at radius 3 is 2.41 bits per heavy atom. The molecular weight excluding hydrogens is 289 g/mol. The minimum absolute atomic E-state index is 0.0659. The van der Waals surface area contributed by atoms with Gasteiger partial charge in [-0.25, -0.2) is 17.9 Å². The lowest BCUT2D eigenvalue weighted by Crippen LogP contribution is -2.31. The van der Waals surface area contributed by atoms with Crippen molar-refractivity contribution in [2.24, 2.45) is 0 Å². The maximum absolute atomic E-state index is 11.6. The predicted molar refractivity (Wildman–Crippen MR) is 63.8 cm³/mol. The van der Waals surface area contributed by atoms with Crippen molar-refractivity contribution in [1.82, 2.24) is 4.72 Å². The van der Waals surface area contributed by atoms with Crippen LogP contribution in [-0.4, -0.2) is 27.0 Å². The molecule has 1 N–H and O–H groups in total. The third kappa shape index (κ3) is 4.41. The smallest absolute Gasteiger partial charge is 0.421 e. The summed E-state index contributed by atoms with van der Waals surface area (Å²) in [5.41, 5.74) is 0. The molecule has 1 rings (SSSR count). The molecule has 5 nitrogen and oxygen atoms in total. The lowest BCUT2D eigenvalue weighted by Gasteiger charge is -2.06. The third-order valence-electron chi connectivity index (χ3n) is 1.65. The van der Waals surface area contributed by atoms with Crippen molar-refractivity contribution in [3.05, 3.63) is 29.3 Å². The molecule has 1 amide bonds. The van der Waals surface area contributed by atoms with Crippen molar-refractivity contribution in [3.63, 3.8) is 0 Å². The number of nitrogens with one attached hydrogen (secondary N) is 1. The fraction of sp³-hybridized carbons (Fsp3) is 0.222. The van der Waals surface area contributed by atoms with Crippen LogP contribution in [0.2, 0.25) is 5.02 Å². The Balaban J connectivity index is 2.75. The summed E-state index contributed by atoms with van der Waals surface area (Å²) in [5, 5.41) is 0.397. The van der Waals surface area contributed by atoms with Crippen LogP contribution in [-0.2, 0) is 14.8 Å². The molecule has 0 fully saturated rings. The number of sulfonamides is 1. The molecule has 1 aromatic carbocycles. The molecule has 0 saturated heterocycles. The van der Waals surface area contributed by atoms with Gasteiger partial charge < -0.3 is 4.74 Å². The van der Waals surface area contributed by atoms with Gasteiger partial charge >= 0.3 is 6.09 Å². The molecule has 8 heteroatoms. The number of halogens is 2. The normalized spacial score (nSPS) is 10.9. The number of benzene rings is 1. The molecule has 0 aliphatic rings. The number of amides is 1. The summed E-state index contributed by atoms with van der Waals surface area (Å²) in [6.07, 6.45) is -1.07. The van der Waals surface area contributed by atoms with Crippen LogP contribution in [0.3, 0.4) is 0 Å². The second kappa shape index (κ2) is 6.09. The largest absolute Gasteiger partial charge is 0.448 e. The molecule has 0 aliphatic heterocycles. The fourth-order valence-electron chi connectivity index (χ4n) is 0.943. The molecule has 0 bridgehead atoms. The van der Waals surface area contributed by atoms with E-state index >= 15 is 0 Å². The number of carbonyl (C=O) groups is 1. The summed E-state index contributed by atoms with van der Waals surface area (Å²) in [5.74, 6) is 0.0917. The van der Waals surface area contributed by atoms with E-state index in [9.17, 15) is 13.2 Å². The Bertz CT molecular complexity index is 486. The van der Waals surface area contributed by atoms with Crippen molar-refractivity contribution < 1.29 is 17.9 Å². The summed E-state index contributed by atoms with van der Waals surface area (Å²) in [6.45, 7) is -0.0659. The minimum atomic E-state index is -3.93. The summed E-state index contributed by atoms with van der Waals surface area (Å²) >= 11 is 10.9. The summed E-state index contributed by atoms with van der Waals surface area (Å²) < 4.78 is 29.5. The van der Waals surface area contributed by atoms with Crippen molar-refractivity contribution in [1.29, 1.82) is 0 Å². The second-order valence-electron chi connectivity index (χ2n) is 2.88. The first-order valence-corrected chi connectivity index (χ1v) is 6.86. The van der Waals surface area contributed by atoms with Crippen molar-refractivity contribution >= 4 is 39.3 Å². The quantitative estimate of drug-likeness (QED) is 0.863. The van der Waals surface area contributed by atoms with Gasteiger partial charge in [-0.15, -0.1) is 11.6 Å². The molecular formula is C9H9Cl2NO4S. The van der Waals surface area contributed by atoms with E-state index in [1.807, 2.05) is 0 Å². The highest BCUT2D eigenvalue weighted by Crippen LogP contribution is 2.13. The van der Waals surface area contributed by atoms with E-state index in [0.29, 0.717) is 5.02 Å². The zero-order valence-electron chi connectivity index (χ0n) is 8.52. The fourth-order valence-corrected chi connectivity index (χ4v) is 2.04. The molecule has 0 radical (unpaired) electrons. The Morgan fingerprint density at radius 2 is 1.88 bits per heavy atom. The molecule has 94 valence electrons. The molecule has 17 heavy (non-hydrogen) atoms. The molecule has 0 atom stereocenters. The second-order valence-corrected chi connectivity index (χ2v) is 5.38. The van der Waals surface area contributed by atoms with Gasteiger partial charge in [0, 0.05) is 5.02 Å². The molecule has 0 spiro atoms. The Hall–Kier alpha value is -0.980. The molecule has 0 aromatic heterocycles. The monoisotopic (exact) mass is 297 g/mol. The van der Waals surface area contributed by atoms with E-state index in [0.717, 1.165) is 0 Å². The average Bonchev–Trinajstić information content (AvgIpc) is 2.26. The molecule has 0 unspecified atom stereocenters. The van der Waals surface area contributed by atoms with E-state index < -0.39 is 16.1 Å². The van der Waals surface area contributed by atoms with Crippen molar-refractivity contribution in [2.45, 2.75) is 4.90 Å². The Kier molecular flexibility index (Phi) is 5.04. The maximum Gasteiger partial charge on any atom is 0.421 e. The van der Waals surface area contributed by atoms with Crippen LogP contribution < -0.4 is 4.72 Å². The van der Waals surface area contributed by atoms with Gasteiger partial charge in [0.25, 0.3) is 10.0 Å². The van der Waals surface area contributed by atoms with Crippen LogP contribution in [0.4, 0.5) is 4.79 Å².